The van der Waals surface area contributed by atoms with Gasteiger partial charge in [-0.2, -0.15) is 13.2 Å². The lowest BCUT2D eigenvalue weighted by atomic mass is 9.81. The highest BCUT2D eigenvalue weighted by Crippen LogP contribution is 2.25. The summed E-state index contributed by atoms with van der Waals surface area (Å²) < 4.78 is 38.2. The molecular formula is C13H21F3N4O. The molecule has 0 unspecified atom stereocenters. The Balaban J connectivity index is 2.72. The molecule has 1 heterocycles. The molecule has 0 saturated carbocycles. The third kappa shape index (κ3) is 4.45. The van der Waals surface area contributed by atoms with Gasteiger partial charge in [0.05, 0.1) is 12.0 Å². The number of amides is 1. The number of halogens is 3. The van der Waals surface area contributed by atoms with E-state index in [9.17, 15) is 18.0 Å². The third-order valence-electron chi connectivity index (χ3n) is 3.78. The van der Waals surface area contributed by atoms with Gasteiger partial charge in [0.1, 0.15) is 12.4 Å². The van der Waals surface area contributed by atoms with Crippen molar-refractivity contribution in [3.8, 4) is 0 Å². The number of nitrogens with one attached hydrogen (secondary N) is 1. The van der Waals surface area contributed by atoms with E-state index in [4.69, 9.17) is 5.73 Å². The van der Waals surface area contributed by atoms with E-state index in [1.54, 1.807) is 0 Å². The first-order chi connectivity index (χ1) is 9.78. The van der Waals surface area contributed by atoms with Gasteiger partial charge in [-0.05, 0) is 12.8 Å². The largest absolute Gasteiger partial charge is 0.406 e. The van der Waals surface area contributed by atoms with Crippen LogP contribution in [0.5, 0.6) is 0 Å². The molecule has 1 rings (SSSR count). The van der Waals surface area contributed by atoms with Crippen LogP contribution in [0.25, 0.3) is 0 Å². The summed E-state index contributed by atoms with van der Waals surface area (Å²) in [4.78, 5) is 16.0. The van der Waals surface area contributed by atoms with Gasteiger partial charge in [-0.1, -0.05) is 13.8 Å². The number of alkyl halides is 3. The standard InChI is InChI=1S/C13H21F3N4O/c1-3-12(4-2,8-17)11(21)19-7-10-18-5-6-20(10)9-13(14,15)16/h5-6H,3-4,7-9,17H2,1-2H3,(H,19,21). The molecular weight excluding hydrogens is 285 g/mol. The lowest BCUT2D eigenvalue weighted by Gasteiger charge is -2.28. The number of hydrogen-bond acceptors (Lipinski definition) is 3. The normalized spacial score (nSPS) is 12.5. The molecule has 3 N–H and O–H groups in total. The van der Waals surface area contributed by atoms with Crippen molar-refractivity contribution >= 4 is 5.91 Å². The highest BCUT2D eigenvalue weighted by atomic mass is 19.4. The molecule has 8 heteroatoms. The monoisotopic (exact) mass is 306 g/mol. The van der Waals surface area contributed by atoms with Crippen LogP contribution in [0.1, 0.15) is 32.5 Å². The Morgan fingerprint density at radius 1 is 1.38 bits per heavy atom. The van der Waals surface area contributed by atoms with Gasteiger partial charge in [0.15, 0.2) is 0 Å². The summed E-state index contributed by atoms with van der Waals surface area (Å²) in [6.45, 7) is 2.75. The molecule has 0 aliphatic rings. The maximum atomic E-state index is 12.4. The third-order valence-corrected chi connectivity index (χ3v) is 3.78. The minimum Gasteiger partial charge on any atom is -0.348 e. The molecule has 0 aliphatic carbocycles. The molecule has 0 bridgehead atoms. The first-order valence-corrected chi connectivity index (χ1v) is 6.83. The van der Waals surface area contributed by atoms with E-state index < -0.39 is 18.1 Å². The maximum Gasteiger partial charge on any atom is 0.406 e. The summed E-state index contributed by atoms with van der Waals surface area (Å²) in [5.74, 6) is -0.0876. The van der Waals surface area contributed by atoms with E-state index in [0.717, 1.165) is 4.57 Å². The molecule has 120 valence electrons. The minimum absolute atomic E-state index is 0.0519. The molecule has 0 atom stereocenters. The van der Waals surface area contributed by atoms with Gasteiger partial charge in [-0.25, -0.2) is 4.98 Å². The topological polar surface area (TPSA) is 72.9 Å². The van der Waals surface area contributed by atoms with Gasteiger partial charge in [-0.3, -0.25) is 4.79 Å². The Kier molecular flexibility index (Phi) is 5.77. The first kappa shape index (κ1) is 17.5. The number of rotatable bonds is 7. The maximum absolute atomic E-state index is 12.4. The second kappa shape index (κ2) is 6.93. The Bertz CT molecular complexity index is 458. The lowest BCUT2D eigenvalue weighted by Crippen LogP contribution is -2.45. The number of nitrogens with two attached hydrogens (primary N) is 1. The van der Waals surface area contributed by atoms with Crippen molar-refractivity contribution in [2.45, 2.75) is 46.0 Å². The predicted molar refractivity (Wildman–Crippen MR) is 72.2 cm³/mol. The second-order valence-electron chi connectivity index (χ2n) is 4.96. The summed E-state index contributed by atoms with van der Waals surface area (Å²) in [6, 6.07) is 0. The van der Waals surface area contributed by atoms with Crippen LogP contribution >= 0.6 is 0 Å². The van der Waals surface area contributed by atoms with Crippen LogP contribution in [0, 0.1) is 5.41 Å². The molecule has 0 saturated heterocycles. The highest BCUT2D eigenvalue weighted by Gasteiger charge is 2.33. The molecule has 1 aromatic rings. The average molecular weight is 306 g/mol. The summed E-state index contributed by atoms with van der Waals surface area (Å²) >= 11 is 0. The van der Waals surface area contributed by atoms with Crippen molar-refractivity contribution in [2.75, 3.05) is 6.54 Å². The van der Waals surface area contributed by atoms with E-state index in [1.165, 1.54) is 12.4 Å². The summed E-state index contributed by atoms with van der Waals surface area (Å²) in [7, 11) is 0. The molecule has 0 radical (unpaired) electrons. The number of aromatic nitrogens is 2. The van der Waals surface area contributed by atoms with Crippen LogP contribution in [0.2, 0.25) is 0 Å². The van der Waals surface area contributed by atoms with Gasteiger partial charge in [0, 0.05) is 18.9 Å². The van der Waals surface area contributed by atoms with E-state index in [0.29, 0.717) is 12.8 Å². The molecule has 0 aliphatic heterocycles. The SMILES string of the molecule is CCC(CC)(CN)C(=O)NCc1nccn1CC(F)(F)F. The van der Waals surface area contributed by atoms with Crippen LogP contribution in [-0.4, -0.2) is 28.2 Å². The minimum atomic E-state index is -4.33. The fourth-order valence-electron chi connectivity index (χ4n) is 2.14. The molecule has 0 aromatic carbocycles. The first-order valence-electron chi connectivity index (χ1n) is 6.83. The van der Waals surface area contributed by atoms with Crippen LogP contribution in [0.3, 0.4) is 0 Å². The molecule has 1 aromatic heterocycles. The fourth-order valence-corrected chi connectivity index (χ4v) is 2.14. The van der Waals surface area contributed by atoms with Crippen LogP contribution in [0.4, 0.5) is 13.2 Å². The Morgan fingerprint density at radius 3 is 2.48 bits per heavy atom. The smallest absolute Gasteiger partial charge is 0.348 e. The van der Waals surface area contributed by atoms with Gasteiger partial charge in [-0.15, -0.1) is 0 Å². The van der Waals surface area contributed by atoms with Gasteiger partial charge in [0.2, 0.25) is 5.91 Å². The van der Waals surface area contributed by atoms with Crippen LogP contribution in [-0.2, 0) is 17.9 Å². The summed E-state index contributed by atoms with van der Waals surface area (Å²) in [5.41, 5.74) is 4.98. The van der Waals surface area contributed by atoms with E-state index in [-0.39, 0.29) is 24.8 Å². The Hall–Kier alpha value is -1.57. The van der Waals surface area contributed by atoms with Gasteiger partial charge in [0.25, 0.3) is 0 Å². The van der Waals surface area contributed by atoms with E-state index in [2.05, 4.69) is 10.3 Å². The molecule has 5 nitrogen and oxygen atoms in total. The summed E-state index contributed by atoms with van der Waals surface area (Å²) in [5, 5.41) is 2.64. The zero-order chi connectivity index (χ0) is 16.1. The highest BCUT2D eigenvalue weighted by molar-refractivity contribution is 5.82. The van der Waals surface area contributed by atoms with Crippen molar-refractivity contribution in [1.29, 1.82) is 0 Å². The molecule has 0 fully saturated rings. The quantitative estimate of drug-likeness (QED) is 0.807. The van der Waals surface area contributed by atoms with Gasteiger partial charge < -0.3 is 15.6 Å². The number of carbonyl (C=O) groups is 1. The van der Waals surface area contributed by atoms with E-state index in [1.807, 2.05) is 13.8 Å². The molecule has 1 amide bonds. The molecule has 0 spiro atoms. The number of hydrogen-bond donors (Lipinski definition) is 2. The average Bonchev–Trinajstić information content (AvgIpc) is 2.84. The van der Waals surface area contributed by atoms with Crippen molar-refractivity contribution in [1.82, 2.24) is 14.9 Å². The summed E-state index contributed by atoms with van der Waals surface area (Å²) in [6.07, 6.45) is -0.660. The molecule has 21 heavy (non-hydrogen) atoms. The second-order valence-corrected chi connectivity index (χ2v) is 4.96. The van der Waals surface area contributed by atoms with Crippen molar-refractivity contribution in [2.24, 2.45) is 11.1 Å². The van der Waals surface area contributed by atoms with Crippen LogP contribution in [0.15, 0.2) is 12.4 Å². The number of carbonyl (C=O) groups excluding carboxylic acids is 1. The van der Waals surface area contributed by atoms with Crippen LogP contribution < -0.4 is 11.1 Å². The van der Waals surface area contributed by atoms with Crippen molar-refractivity contribution in [3.05, 3.63) is 18.2 Å². The van der Waals surface area contributed by atoms with Crippen molar-refractivity contribution < 1.29 is 18.0 Å². The Morgan fingerprint density at radius 2 is 2.00 bits per heavy atom. The lowest BCUT2D eigenvalue weighted by molar-refractivity contribution is -0.141. The zero-order valence-electron chi connectivity index (χ0n) is 12.2. The number of nitrogens with zero attached hydrogens (tertiary/aromatic N) is 2. The fraction of sp³-hybridized carbons (Fsp3) is 0.692. The van der Waals surface area contributed by atoms with Gasteiger partial charge >= 0.3 is 6.18 Å². The number of imidazole rings is 1. The Labute approximate surface area is 121 Å². The van der Waals surface area contributed by atoms with Crippen molar-refractivity contribution in [3.63, 3.8) is 0 Å². The predicted octanol–water partition coefficient (Wildman–Crippen LogP) is 1.83. The van der Waals surface area contributed by atoms with E-state index >= 15 is 0 Å². The zero-order valence-corrected chi connectivity index (χ0v) is 12.2.